The SMILES string of the molecule is Cc1cccnc1CNC(=O)c1cnn(CCCN)c1C. The summed E-state index contributed by atoms with van der Waals surface area (Å²) in [5, 5.41) is 7.12. The quantitative estimate of drug-likeness (QED) is 0.835. The van der Waals surface area contributed by atoms with Crippen molar-refractivity contribution < 1.29 is 4.79 Å². The largest absolute Gasteiger partial charge is 0.346 e. The van der Waals surface area contributed by atoms with Gasteiger partial charge in [0.1, 0.15) is 0 Å². The maximum absolute atomic E-state index is 12.2. The van der Waals surface area contributed by atoms with Crippen molar-refractivity contribution >= 4 is 5.91 Å². The molecule has 0 radical (unpaired) electrons. The first-order chi connectivity index (χ1) is 10.1. The summed E-state index contributed by atoms with van der Waals surface area (Å²) in [6.45, 7) is 5.63. The van der Waals surface area contributed by atoms with Crippen molar-refractivity contribution in [1.82, 2.24) is 20.1 Å². The van der Waals surface area contributed by atoms with Gasteiger partial charge in [-0.15, -0.1) is 0 Å². The van der Waals surface area contributed by atoms with Gasteiger partial charge in [0.25, 0.3) is 5.91 Å². The van der Waals surface area contributed by atoms with Crippen molar-refractivity contribution in [3.63, 3.8) is 0 Å². The lowest BCUT2D eigenvalue weighted by Gasteiger charge is -2.07. The van der Waals surface area contributed by atoms with Gasteiger partial charge in [-0.3, -0.25) is 14.5 Å². The summed E-state index contributed by atoms with van der Waals surface area (Å²) in [7, 11) is 0. The third-order valence-corrected chi connectivity index (χ3v) is 3.46. The Labute approximate surface area is 124 Å². The van der Waals surface area contributed by atoms with E-state index in [0.717, 1.165) is 29.9 Å². The van der Waals surface area contributed by atoms with Crippen LogP contribution in [0.2, 0.25) is 0 Å². The highest BCUT2D eigenvalue weighted by molar-refractivity contribution is 5.94. The van der Waals surface area contributed by atoms with Gasteiger partial charge in [0.15, 0.2) is 0 Å². The predicted octanol–water partition coefficient (Wildman–Crippen LogP) is 1.17. The maximum Gasteiger partial charge on any atom is 0.255 e. The molecular weight excluding hydrogens is 266 g/mol. The number of aromatic nitrogens is 3. The Morgan fingerprint density at radius 1 is 1.43 bits per heavy atom. The number of nitrogens with zero attached hydrogens (tertiary/aromatic N) is 3. The van der Waals surface area contributed by atoms with Crippen LogP contribution in [-0.2, 0) is 13.1 Å². The van der Waals surface area contributed by atoms with E-state index in [2.05, 4.69) is 15.4 Å². The van der Waals surface area contributed by atoms with Crippen LogP contribution in [0.1, 0.15) is 33.7 Å². The Morgan fingerprint density at radius 3 is 2.95 bits per heavy atom. The van der Waals surface area contributed by atoms with E-state index >= 15 is 0 Å². The molecule has 0 saturated heterocycles. The number of rotatable bonds is 6. The van der Waals surface area contributed by atoms with Gasteiger partial charge < -0.3 is 11.1 Å². The first kappa shape index (κ1) is 15.2. The molecule has 0 bridgehead atoms. The van der Waals surface area contributed by atoms with Crippen molar-refractivity contribution in [3.05, 3.63) is 47.0 Å². The number of pyridine rings is 1. The van der Waals surface area contributed by atoms with Crippen molar-refractivity contribution in [2.24, 2.45) is 5.73 Å². The van der Waals surface area contributed by atoms with E-state index in [1.807, 2.05) is 30.7 Å². The van der Waals surface area contributed by atoms with Gasteiger partial charge in [-0.1, -0.05) is 6.07 Å². The zero-order valence-electron chi connectivity index (χ0n) is 12.5. The van der Waals surface area contributed by atoms with Crippen LogP contribution in [0.5, 0.6) is 0 Å². The summed E-state index contributed by atoms with van der Waals surface area (Å²) in [6.07, 6.45) is 4.17. The summed E-state index contributed by atoms with van der Waals surface area (Å²) in [6, 6.07) is 3.86. The fourth-order valence-corrected chi connectivity index (χ4v) is 2.10. The maximum atomic E-state index is 12.2. The Kier molecular flexibility index (Phi) is 5.05. The first-order valence-corrected chi connectivity index (χ1v) is 7.04. The lowest BCUT2D eigenvalue weighted by molar-refractivity contribution is 0.0949. The predicted molar refractivity (Wildman–Crippen MR) is 80.8 cm³/mol. The summed E-state index contributed by atoms with van der Waals surface area (Å²) < 4.78 is 1.81. The number of amides is 1. The monoisotopic (exact) mass is 287 g/mol. The van der Waals surface area contributed by atoms with Crippen LogP contribution in [0.4, 0.5) is 0 Å². The van der Waals surface area contributed by atoms with E-state index in [-0.39, 0.29) is 5.91 Å². The van der Waals surface area contributed by atoms with Gasteiger partial charge in [-0.05, 0) is 38.4 Å². The minimum atomic E-state index is -0.128. The van der Waals surface area contributed by atoms with Gasteiger partial charge in [0, 0.05) is 18.4 Å². The lowest BCUT2D eigenvalue weighted by Crippen LogP contribution is -2.24. The average Bonchev–Trinajstić information content (AvgIpc) is 2.85. The van der Waals surface area contributed by atoms with Crippen molar-refractivity contribution in [3.8, 4) is 0 Å². The van der Waals surface area contributed by atoms with E-state index < -0.39 is 0 Å². The molecule has 0 aliphatic rings. The molecule has 0 unspecified atom stereocenters. The van der Waals surface area contributed by atoms with Gasteiger partial charge >= 0.3 is 0 Å². The second kappa shape index (κ2) is 6.99. The molecule has 0 aliphatic heterocycles. The Bertz CT molecular complexity index is 620. The number of nitrogens with one attached hydrogen (secondary N) is 1. The number of carbonyl (C=O) groups is 1. The third kappa shape index (κ3) is 3.66. The first-order valence-electron chi connectivity index (χ1n) is 7.04. The van der Waals surface area contributed by atoms with Crippen molar-refractivity contribution in [2.75, 3.05) is 6.54 Å². The molecule has 2 rings (SSSR count). The molecule has 2 aromatic rings. The highest BCUT2D eigenvalue weighted by Gasteiger charge is 2.14. The zero-order chi connectivity index (χ0) is 15.2. The van der Waals surface area contributed by atoms with Gasteiger partial charge in [-0.25, -0.2) is 0 Å². The molecule has 2 aromatic heterocycles. The van der Waals surface area contributed by atoms with E-state index in [1.54, 1.807) is 12.4 Å². The number of aryl methyl sites for hydroxylation is 2. The number of carbonyl (C=O) groups excluding carboxylic acids is 1. The lowest BCUT2D eigenvalue weighted by atomic mass is 10.2. The van der Waals surface area contributed by atoms with Gasteiger partial charge in [0.2, 0.25) is 0 Å². The molecular formula is C15H21N5O. The summed E-state index contributed by atoms with van der Waals surface area (Å²) in [5.41, 5.74) is 8.89. The van der Waals surface area contributed by atoms with Crippen LogP contribution in [0.25, 0.3) is 0 Å². The third-order valence-electron chi connectivity index (χ3n) is 3.46. The Morgan fingerprint density at radius 2 is 2.24 bits per heavy atom. The Balaban J connectivity index is 2.01. The molecule has 112 valence electrons. The number of nitrogens with two attached hydrogens (primary N) is 1. The van der Waals surface area contributed by atoms with E-state index in [0.29, 0.717) is 18.7 Å². The van der Waals surface area contributed by atoms with Gasteiger partial charge in [-0.2, -0.15) is 5.10 Å². The van der Waals surface area contributed by atoms with Crippen molar-refractivity contribution in [1.29, 1.82) is 0 Å². The molecule has 0 aromatic carbocycles. The normalized spacial score (nSPS) is 10.6. The molecule has 2 heterocycles. The number of hydrogen-bond acceptors (Lipinski definition) is 4. The second-order valence-corrected chi connectivity index (χ2v) is 4.96. The highest BCUT2D eigenvalue weighted by atomic mass is 16.1. The van der Waals surface area contributed by atoms with Crippen LogP contribution in [0.3, 0.4) is 0 Å². The molecule has 0 fully saturated rings. The van der Waals surface area contributed by atoms with Crippen molar-refractivity contribution in [2.45, 2.75) is 33.4 Å². The van der Waals surface area contributed by atoms with E-state index in [9.17, 15) is 4.79 Å². The van der Waals surface area contributed by atoms with Crippen LogP contribution in [0.15, 0.2) is 24.5 Å². The van der Waals surface area contributed by atoms with Crippen LogP contribution in [-0.4, -0.2) is 27.2 Å². The minimum Gasteiger partial charge on any atom is -0.346 e. The zero-order valence-corrected chi connectivity index (χ0v) is 12.5. The molecule has 3 N–H and O–H groups in total. The standard InChI is InChI=1S/C15H21N5O/c1-11-5-3-7-17-14(11)10-18-15(21)13-9-19-20(12(13)2)8-4-6-16/h3,5,7,9H,4,6,8,10,16H2,1-2H3,(H,18,21). The van der Waals surface area contributed by atoms with E-state index in [1.165, 1.54) is 0 Å². The molecule has 21 heavy (non-hydrogen) atoms. The molecule has 0 saturated carbocycles. The van der Waals surface area contributed by atoms with Crippen LogP contribution < -0.4 is 11.1 Å². The summed E-state index contributed by atoms with van der Waals surface area (Å²) >= 11 is 0. The van der Waals surface area contributed by atoms with Crippen LogP contribution >= 0.6 is 0 Å². The smallest absolute Gasteiger partial charge is 0.255 e. The average molecular weight is 287 g/mol. The summed E-state index contributed by atoms with van der Waals surface area (Å²) in [5.74, 6) is -0.128. The van der Waals surface area contributed by atoms with Crippen LogP contribution in [0, 0.1) is 13.8 Å². The highest BCUT2D eigenvalue weighted by Crippen LogP contribution is 2.09. The van der Waals surface area contributed by atoms with E-state index in [4.69, 9.17) is 5.73 Å². The molecule has 1 amide bonds. The fraction of sp³-hybridized carbons (Fsp3) is 0.400. The number of hydrogen-bond donors (Lipinski definition) is 2. The van der Waals surface area contributed by atoms with Gasteiger partial charge in [0.05, 0.1) is 24.0 Å². The molecule has 6 nitrogen and oxygen atoms in total. The molecule has 0 atom stereocenters. The fourth-order valence-electron chi connectivity index (χ4n) is 2.10. The molecule has 0 aliphatic carbocycles. The topological polar surface area (TPSA) is 85.8 Å². The minimum absolute atomic E-state index is 0.128. The molecule has 0 spiro atoms. The Hall–Kier alpha value is -2.21. The molecule has 6 heteroatoms. The summed E-state index contributed by atoms with van der Waals surface area (Å²) in [4.78, 5) is 16.5. The second-order valence-electron chi connectivity index (χ2n) is 4.96.